The first kappa shape index (κ1) is 23.1. The van der Waals surface area contributed by atoms with Gasteiger partial charge in [0.2, 0.25) is 5.91 Å². The Kier molecular flexibility index (Phi) is 6.70. The highest BCUT2D eigenvalue weighted by molar-refractivity contribution is 6.30. The van der Waals surface area contributed by atoms with Crippen molar-refractivity contribution in [1.29, 1.82) is 0 Å². The van der Waals surface area contributed by atoms with Crippen molar-refractivity contribution in [2.75, 3.05) is 13.1 Å². The van der Waals surface area contributed by atoms with Gasteiger partial charge in [0.15, 0.2) is 0 Å². The van der Waals surface area contributed by atoms with Crippen LogP contribution in [0, 0.1) is 11.7 Å². The molecule has 0 unspecified atom stereocenters. The van der Waals surface area contributed by atoms with Crippen molar-refractivity contribution in [3.05, 3.63) is 81.9 Å². The smallest absolute Gasteiger partial charge is 0.226 e. The molecule has 7 heteroatoms. The van der Waals surface area contributed by atoms with Crippen LogP contribution in [0.25, 0.3) is 5.69 Å². The molecule has 1 aromatic heterocycles. The maximum atomic E-state index is 14.3. The van der Waals surface area contributed by atoms with Crippen molar-refractivity contribution in [2.45, 2.75) is 52.2 Å². The summed E-state index contributed by atoms with van der Waals surface area (Å²) in [7, 11) is 0. The topological polar surface area (TPSA) is 41.4 Å². The summed E-state index contributed by atoms with van der Waals surface area (Å²) in [5.74, 6) is 0.225. The number of amides is 1. The van der Waals surface area contributed by atoms with Gasteiger partial charge in [-0.25, -0.2) is 9.07 Å². The molecular formula is C27H30ClFN4O. The molecule has 1 fully saturated rings. The first-order valence-corrected chi connectivity index (χ1v) is 12.5. The summed E-state index contributed by atoms with van der Waals surface area (Å²) in [6, 6.07) is 14.7. The second kappa shape index (κ2) is 9.88. The summed E-state index contributed by atoms with van der Waals surface area (Å²) in [6.45, 7) is 5.25. The van der Waals surface area contributed by atoms with Crippen LogP contribution < -0.4 is 0 Å². The summed E-state index contributed by atoms with van der Waals surface area (Å²) in [5, 5.41) is 5.69. The van der Waals surface area contributed by atoms with E-state index in [1.54, 1.807) is 6.07 Å². The predicted octanol–water partition coefficient (Wildman–Crippen LogP) is 5.37. The van der Waals surface area contributed by atoms with Gasteiger partial charge in [0.25, 0.3) is 0 Å². The Hall–Kier alpha value is -2.70. The Morgan fingerprint density at radius 1 is 1.18 bits per heavy atom. The molecule has 0 radical (unpaired) electrons. The van der Waals surface area contributed by atoms with E-state index in [0.29, 0.717) is 36.8 Å². The monoisotopic (exact) mass is 480 g/mol. The third-order valence-electron chi connectivity index (χ3n) is 7.13. The second-order valence-electron chi connectivity index (χ2n) is 9.29. The number of carbonyl (C=O) groups excluding carboxylic acids is 1. The highest BCUT2D eigenvalue weighted by Crippen LogP contribution is 2.31. The molecule has 0 N–H and O–H groups in total. The molecule has 3 aromatic rings. The number of aromatic nitrogens is 2. The average molecular weight is 481 g/mol. The van der Waals surface area contributed by atoms with Crippen molar-refractivity contribution in [3.63, 3.8) is 0 Å². The number of benzene rings is 2. The molecule has 0 atom stereocenters. The first-order valence-electron chi connectivity index (χ1n) is 12.1. The Balaban J connectivity index is 1.46. The molecule has 1 aliphatic heterocycles. The summed E-state index contributed by atoms with van der Waals surface area (Å²) in [4.78, 5) is 17.2. The zero-order chi connectivity index (χ0) is 23.7. The number of rotatable bonds is 7. The average Bonchev–Trinajstić information content (AvgIpc) is 3.16. The molecule has 1 amide bonds. The van der Waals surface area contributed by atoms with Crippen LogP contribution in [0.1, 0.15) is 48.7 Å². The predicted molar refractivity (Wildman–Crippen MR) is 131 cm³/mol. The van der Waals surface area contributed by atoms with Crippen molar-refractivity contribution in [3.8, 4) is 5.69 Å². The normalized spacial score (nSPS) is 16.2. The summed E-state index contributed by atoms with van der Waals surface area (Å²) in [6.07, 6.45) is 3.92. The Morgan fingerprint density at radius 2 is 1.94 bits per heavy atom. The molecule has 1 aliphatic carbocycles. The van der Waals surface area contributed by atoms with Gasteiger partial charge in [-0.2, -0.15) is 5.10 Å². The maximum Gasteiger partial charge on any atom is 0.226 e. The number of fused-ring (bicyclic) bond motifs is 1. The fourth-order valence-electron chi connectivity index (χ4n) is 4.91. The third kappa shape index (κ3) is 4.62. The van der Waals surface area contributed by atoms with Gasteiger partial charge >= 0.3 is 0 Å². The lowest BCUT2D eigenvalue weighted by Crippen LogP contribution is -2.39. The zero-order valence-corrected chi connectivity index (χ0v) is 20.3. The van der Waals surface area contributed by atoms with Crippen LogP contribution in [0.15, 0.2) is 48.5 Å². The van der Waals surface area contributed by atoms with E-state index in [4.69, 9.17) is 16.7 Å². The standard InChI is InChI=1S/C27H30ClFN4O/c1-2-32(27(34)19-7-5-8-19)18-25-23-17-31(16-20-6-3-4-9-24(20)29)15-14-26(23)33(30-25)22-12-10-21(28)11-13-22/h3-4,6,9-13,19H,2,5,7-8,14-18H2,1H3. The molecule has 34 heavy (non-hydrogen) atoms. The summed E-state index contributed by atoms with van der Waals surface area (Å²) >= 11 is 6.12. The summed E-state index contributed by atoms with van der Waals surface area (Å²) in [5.41, 5.74) is 4.90. The van der Waals surface area contributed by atoms with Gasteiger partial charge in [-0.1, -0.05) is 36.2 Å². The molecule has 5 rings (SSSR count). The Bertz CT molecular complexity index is 1170. The van der Waals surface area contributed by atoms with Gasteiger partial charge in [0.05, 0.1) is 23.6 Å². The minimum atomic E-state index is -0.173. The van der Waals surface area contributed by atoms with Crippen LogP contribution in [0.2, 0.25) is 5.02 Å². The number of hydrogen-bond donors (Lipinski definition) is 0. The first-order chi connectivity index (χ1) is 16.5. The Morgan fingerprint density at radius 3 is 2.62 bits per heavy atom. The highest BCUT2D eigenvalue weighted by atomic mass is 35.5. The van der Waals surface area contributed by atoms with E-state index in [9.17, 15) is 9.18 Å². The lowest BCUT2D eigenvalue weighted by molar-refractivity contribution is -0.138. The van der Waals surface area contributed by atoms with E-state index in [-0.39, 0.29) is 17.6 Å². The SMILES string of the molecule is CCN(Cc1nn(-c2ccc(Cl)cc2)c2c1CN(Cc1ccccc1F)CC2)C(=O)C1CCC1. The number of nitrogens with zero attached hydrogens (tertiary/aromatic N) is 4. The van der Waals surface area contributed by atoms with E-state index >= 15 is 0 Å². The molecule has 178 valence electrons. The minimum absolute atomic E-state index is 0.159. The van der Waals surface area contributed by atoms with Gasteiger partial charge in [-0.05, 0) is 50.1 Å². The van der Waals surface area contributed by atoms with E-state index in [2.05, 4.69) is 4.90 Å². The maximum absolute atomic E-state index is 14.3. The van der Waals surface area contributed by atoms with E-state index in [1.165, 1.54) is 6.07 Å². The van der Waals surface area contributed by atoms with Gasteiger partial charge in [0, 0.05) is 54.7 Å². The van der Waals surface area contributed by atoms with Crippen molar-refractivity contribution >= 4 is 17.5 Å². The van der Waals surface area contributed by atoms with Gasteiger partial charge in [-0.15, -0.1) is 0 Å². The van der Waals surface area contributed by atoms with E-state index in [1.807, 2.05) is 52.9 Å². The van der Waals surface area contributed by atoms with Crippen LogP contribution in [-0.2, 0) is 30.8 Å². The molecule has 2 heterocycles. The quantitative estimate of drug-likeness (QED) is 0.456. The van der Waals surface area contributed by atoms with Crippen molar-refractivity contribution < 1.29 is 9.18 Å². The molecule has 5 nitrogen and oxygen atoms in total. The molecular weight excluding hydrogens is 451 g/mol. The summed E-state index contributed by atoms with van der Waals surface area (Å²) < 4.78 is 16.3. The van der Waals surface area contributed by atoms with E-state index < -0.39 is 0 Å². The molecule has 2 aliphatic rings. The molecule has 0 saturated heterocycles. The van der Waals surface area contributed by atoms with Crippen LogP contribution in [0.3, 0.4) is 0 Å². The van der Waals surface area contributed by atoms with Gasteiger partial charge in [-0.3, -0.25) is 9.69 Å². The third-order valence-corrected chi connectivity index (χ3v) is 7.38. The largest absolute Gasteiger partial charge is 0.337 e. The van der Waals surface area contributed by atoms with Gasteiger partial charge in [0.1, 0.15) is 5.82 Å². The number of halogens is 2. The second-order valence-corrected chi connectivity index (χ2v) is 9.73. The van der Waals surface area contributed by atoms with Crippen LogP contribution in [-0.4, -0.2) is 38.6 Å². The number of hydrogen-bond acceptors (Lipinski definition) is 3. The Labute approximate surface area is 205 Å². The van der Waals surface area contributed by atoms with Crippen LogP contribution in [0.5, 0.6) is 0 Å². The molecule has 2 aromatic carbocycles. The van der Waals surface area contributed by atoms with Gasteiger partial charge < -0.3 is 4.90 Å². The van der Waals surface area contributed by atoms with Crippen molar-refractivity contribution in [2.24, 2.45) is 5.92 Å². The van der Waals surface area contributed by atoms with Crippen LogP contribution >= 0.6 is 11.6 Å². The fraction of sp³-hybridized carbons (Fsp3) is 0.407. The lowest BCUT2D eigenvalue weighted by Gasteiger charge is -2.31. The minimum Gasteiger partial charge on any atom is -0.337 e. The zero-order valence-electron chi connectivity index (χ0n) is 19.5. The molecule has 0 spiro atoms. The molecule has 0 bridgehead atoms. The van der Waals surface area contributed by atoms with Crippen molar-refractivity contribution in [1.82, 2.24) is 19.6 Å². The molecule has 1 saturated carbocycles. The fourth-order valence-corrected chi connectivity index (χ4v) is 5.03. The van der Waals surface area contributed by atoms with E-state index in [0.717, 1.165) is 54.9 Å². The van der Waals surface area contributed by atoms with Crippen LogP contribution in [0.4, 0.5) is 4.39 Å². The lowest BCUT2D eigenvalue weighted by atomic mass is 9.84. The number of carbonyl (C=O) groups is 1. The highest BCUT2D eigenvalue weighted by Gasteiger charge is 2.31.